The van der Waals surface area contributed by atoms with Crippen LogP contribution in [-0.4, -0.2) is 43.5 Å². The first-order valence-corrected chi connectivity index (χ1v) is 9.57. The van der Waals surface area contributed by atoms with Crippen LogP contribution in [0.5, 0.6) is 0 Å². The molecule has 0 saturated heterocycles. The van der Waals surface area contributed by atoms with Crippen molar-refractivity contribution in [1.29, 1.82) is 0 Å². The average Bonchev–Trinajstić information content (AvgIpc) is 2.81. The number of hydrogen-bond donors (Lipinski definition) is 3. The molecule has 0 atom stereocenters. The molecule has 1 saturated carbocycles. The van der Waals surface area contributed by atoms with Crippen LogP contribution in [-0.2, 0) is 11.2 Å². The molecule has 24 heavy (non-hydrogen) atoms. The molecule has 1 aliphatic rings. The standard InChI is InChI=1S/C17H29N5OS/c1-12-13(2)24-15(22-12)8-11-21-17(18-3)20-10-5-9-19-16(23)14-6-4-7-14/h14H,4-11H2,1-3H3,(H,19,23)(H2,18,20,21). The third kappa shape index (κ3) is 5.78. The number of nitrogens with one attached hydrogen (secondary N) is 3. The molecule has 1 aromatic rings. The highest BCUT2D eigenvalue weighted by Crippen LogP contribution is 2.26. The summed E-state index contributed by atoms with van der Waals surface area (Å²) in [7, 11) is 1.77. The Morgan fingerprint density at radius 1 is 1.21 bits per heavy atom. The number of aryl methyl sites for hydroxylation is 2. The van der Waals surface area contributed by atoms with Gasteiger partial charge in [0.1, 0.15) is 0 Å². The van der Waals surface area contributed by atoms with E-state index in [1.54, 1.807) is 18.4 Å². The largest absolute Gasteiger partial charge is 0.356 e. The highest BCUT2D eigenvalue weighted by Gasteiger charge is 2.24. The predicted molar refractivity (Wildman–Crippen MR) is 99.6 cm³/mol. The topological polar surface area (TPSA) is 78.4 Å². The van der Waals surface area contributed by atoms with Gasteiger partial charge in [-0.05, 0) is 33.1 Å². The Hall–Kier alpha value is -1.63. The van der Waals surface area contributed by atoms with Gasteiger partial charge >= 0.3 is 0 Å². The van der Waals surface area contributed by atoms with Crippen molar-refractivity contribution in [3.05, 3.63) is 15.6 Å². The maximum absolute atomic E-state index is 11.7. The van der Waals surface area contributed by atoms with Crippen molar-refractivity contribution in [2.45, 2.75) is 46.0 Å². The number of nitrogens with zero attached hydrogens (tertiary/aromatic N) is 2. The Kier molecular flexibility index (Phi) is 7.49. The van der Waals surface area contributed by atoms with Crippen LogP contribution in [0.2, 0.25) is 0 Å². The summed E-state index contributed by atoms with van der Waals surface area (Å²) in [4.78, 5) is 21.8. The third-order valence-corrected chi connectivity index (χ3v) is 5.48. The van der Waals surface area contributed by atoms with E-state index in [1.807, 2.05) is 6.92 Å². The molecule has 0 unspecified atom stereocenters. The maximum Gasteiger partial charge on any atom is 0.223 e. The van der Waals surface area contributed by atoms with Gasteiger partial charge in [-0.25, -0.2) is 4.98 Å². The molecule has 1 amide bonds. The molecule has 0 aliphatic heterocycles. The molecule has 0 bridgehead atoms. The van der Waals surface area contributed by atoms with Gasteiger partial charge in [0.2, 0.25) is 5.91 Å². The van der Waals surface area contributed by atoms with E-state index in [4.69, 9.17) is 0 Å². The fourth-order valence-electron chi connectivity index (χ4n) is 2.48. The van der Waals surface area contributed by atoms with Crippen molar-refractivity contribution >= 4 is 23.2 Å². The Morgan fingerprint density at radius 3 is 2.50 bits per heavy atom. The lowest BCUT2D eigenvalue weighted by Crippen LogP contribution is -2.40. The normalized spacial score (nSPS) is 15.0. The van der Waals surface area contributed by atoms with Gasteiger partial charge in [-0.2, -0.15) is 0 Å². The molecule has 0 aromatic carbocycles. The van der Waals surface area contributed by atoms with Crippen LogP contribution in [0.1, 0.15) is 41.3 Å². The SMILES string of the molecule is CN=C(NCCCNC(=O)C1CCC1)NCCc1nc(C)c(C)s1. The van der Waals surface area contributed by atoms with Crippen LogP contribution in [0.3, 0.4) is 0 Å². The van der Waals surface area contributed by atoms with Gasteiger partial charge in [-0.15, -0.1) is 11.3 Å². The molecule has 1 aromatic heterocycles. The van der Waals surface area contributed by atoms with Crippen LogP contribution in [0.4, 0.5) is 0 Å². The summed E-state index contributed by atoms with van der Waals surface area (Å²) in [5, 5.41) is 10.7. The van der Waals surface area contributed by atoms with Gasteiger partial charge in [-0.1, -0.05) is 6.42 Å². The van der Waals surface area contributed by atoms with E-state index < -0.39 is 0 Å². The summed E-state index contributed by atoms with van der Waals surface area (Å²) in [6.45, 7) is 6.47. The quantitative estimate of drug-likeness (QED) is 0.379. The van der Waals surface area contributed by atoms with E-state index in [1.165, 1.54) is 11.3 Å². The highest BCUT2D eigenvalue weighted by molar-refractivity contribution is 7.11. The number of hydrogen-bond acceptors (Lipinski definition) is 4. The summed E-state index contributed by atoms with van der Waals surface area (Å²) in [6.07, 6.45) is 5.10. The summed E-state index contributed by atoms with van der Waals surface area (Å²) >= 11 is 1.76. The summed E-state index contributed by atoms with van der Waals surface area (Å²) in [5.41, 5.74) is 1.13. The minimum Gasteiger partial charge on any atom is -0.356 e. The molecule has 3 N–H and O–H groups in total. The number of thiazole rings is 1. The van der Waals surface area contributed by atoms with Crippen molar-refractivity contribution in [1.82, 2.24) is 20.9 Å². The fraction of sp³-hybridized carbons (Fsp3) is 0.706. The van der Waals surface area contributed by atoms with E-state index in [9.17, 15) is 4.79 Å². The number of rotatable bonds is 8. The summed E-state index contributed by atoms with van der Waals surface area (Å²) in [6, 6.07) is 0. The average molecular weight is 352 g/mol. The van der Waals surface area contributed by atoms with Crippen LogP contribution < -0.4 is 16.0 Å². The smallest absolute Gasteiger partial charge is 0.223 e. The van der Waals surface area contributed by atoms with Crippen molar-refractivity contribution < 1.29 is 4.79 Å². The zero-order chi connectivity index (χ0) is 17.4. The summed E-state index contributed by atoms with van der Waals surface area (Å²) in [5.74, 6) is 1.29. The van der Waals surface area contributed by atoms with Crippen molar-refractivity contribution in [2.75, 3.05) is 26.7 Å². The second kappa shape index (κ2) is 9.61. The Morgan fingerprint density at radius 2 is 1.92 bits per heavy atom. The van der Waals surface area contributed by atoms with Crippen LogP contribution in [0.15, 0.2) is 4.99 Å². The molecule has 134 valence electrons. The summed E-state index contributed by atoms with van der Waals surface area (Å²) < 4.78 is 0. The number of carbonyl (C=O) groups excluding carboxylic acids is 1. The Labute approximate surface area is 148 Å². The van der Waals surface area contributed by atoms with Crippen LogP contribution >= 0.6 is 11.3 Å². The van der Waals surface area contributed by atoms with E-state index in [2.05, 4.69) is 32.9 Å². The maximum atomic E-state index is 11.7. The van der Waals surface area contributed by atoms with Gasteiger partial charge in [-0.3, -0.25) is 9.79 Å². The van der Waals surface area contributed by atoms with Crippen molar-refractivity contribution in [3.63, 3.8) is 0 Å². The lowest BCUT2D eigenvalue weighted by atomic mass is 9.85. The molecule has 0 radical (unpaired) electrons. The van der Waals surface area contributed by atoms with Crippen LogP contribution in [0.25, 0.3) is 0 Å². The first-order valence-electron chi connectivity index (χ1n) is 8.75. The van der Waals surface area contributed by atoms with Crippen LogP contribution in [0, 0.1) is 19.8 Å². The van der Waals surface area contributed by atoms with Gasteiger partial charge in [0.05, 0.1) is 10.7 Å². The predicted octanol–water partition coefficient (Wildman–Crippen LogP) is 1.77. The molecule has 7 heteroatoms. The number of aromatic nitrogens is 1. The zero-order valence-corrected chi connectivity index (χ0v) is 15.8. The van der Waals surface area contributed by atoms with Gasteiger partial charge in [0.25, 0.3) is 0 Å². The molecule has 6 nitrogen and oxygen atoms in total. The monoisotopic (exact) mass is 351 g/mol. The molecule has 1 fully saturated rings. The molecule has 1 aliphatic carbocycles. The van der Waals surface area contributed by atoms with Gasteiger partial charge in [0, 0.05) is 43.9 Å². The minimum absolute atomic E-state index is 0.220. The van der Waals surface area contributed by atoms with Crippen molar-refractivity contribution in [3.8, 4) is 0 Å². The molecule has 2 rings (SSSR count). The highest BCUT2D eigenvalue weighted by atomic mass is 32.1. The Bertz CT molecular complexity index is 546. The number of guanidine groups is 1. The van der Waals surface area contributed by atoms with E-state index in [-0.39, 0.29) is 11.8 Å². The number of carbonyl (C=O) groups is 1. The first-order chi connectivity index (χ1) is 11.6. The molecular formula is C17H29N5OS. The lowest BCUT2D eigenvalue weighted by Gasteiger charge is -2.24. The first kappa shape index (κ1) is 18.7. The van der Waals surface area contributed by atoms with E-state index in [0.29, 0.717) is 0 Å². The van der Waals surface area contributed by atoms with E-state index in [0.717, 1.165) is 62.0 Å². The lowest BCUT2D eigenvalue weighted by molar-refractivity contribution is -0.127. The second-order valence-electron chi connectivity index (χ2n) is 6.20. The van der Waals surface area contributed by atoms with Crippen molar-refractivity contribution in [2.24, 2.45) is 10.9 Å². The molecular weight excluding hydrogens is 322 g/mol. The number of amides is 1. The fourth-order valence-corrected chi connectivity index (χ4v) is 3.41. The van der Waals surface area contributed by atoms with Gasteiger partial charge in [0.15, 0.2) is 5.96 Å². The molecule has 1 heterocycles. The van der Waals surface area contributed by atoms with E-state index >= 15 is 0 Å². The zero-order valence-electron chi connectivity index (χ0n) is 14.9. The van der Waals surface area contributed by atoms with Gasteiger partial charge < -0.3 is 16.0 Å². The molecule has 0 spiro atoms. The third-order valence-electron chi connectivity index (χ3n) is 4.35. The second-order valence-corrected chi connectivity index (χ2v) is 7.49. The number of aliphatic imine (C=N–C) groups is 1. The Balaban J connectivity index is 1.54. The minimum atomic E-state index is 0.220.